The van der Waals surface area contributed by atoms with E-state index in [-0.39, 0.29) is 24.2 Å². The van der Waals surface area contributed by atoms with Gasteiger partial charge in [0.25, 0.3) is 0 Å². The van der Waals surface area contributed by atoms with E-state index in [9.17, 15) is 9.59 Å². The van der Waals surface area contributed by atoms with Crippen molar-refractivity contribution in [1.29, 1.82) is 0 Å². The summed E-state index contributed by atoms with van der Waals surface area (Å²) in [5.41, 5.74) is 4.15. The lowest BCUT2D eigenvalue weighted by Gasteiger charge is -2.45. The number of carbonyl (C=O) groups is 2. The van der Waals surface area contributed by atoms with Crippen molar-refractivity contribution >= 4 is 34.8 Å². The van der Waals surface area contributed by atoms with E-state index >= 15 is 0 Å². The van der Waals surface area contributed by atoms with Gasteiger partial charge in [-0.2, -0.15) is 5.10 Å². The van der Waals surface area contributed by atoms with Gasteiger partial charge in [0.15, 0.2) is 0 Å². The molecule has 196 valence electrons. The van der Waals surface area contributed by atoms with E-state index in [1.807, 2.05) is 76.9 Å². The number of rotatable bonds is 2. The smallest absolute Gasteiger partial charge is 0.410 e. The number of amides is 3. The molecule has 1 saturated heterocycles. The number of hydrogen-bond donors (Lipinski definition) is 1. The summed E-state index contributed by atoms with van der Waals surface area (Å²) >= 11 is 0. The van der Waals surface area contributed by atoms with Crippen LogP contribution < -0.4 is 15.1 Å². The van der Waals surface area contributed by atoms with Gasteiger partial charge >= 0.3 is 12.1 Å². The fourth-order valence-corrected chi connectivity index (χ4v) is 5.35. The Balaban J connectivity index is 1.32. The molecule has 0 unspecified atom stereocenters. The van der Waals surface area contributed by atoms with Crippen LogP contribution in [0.4, 0.5) is 26.8 Å². The molecule has 0 aliphatic carbocycles. The fraction of sp³-hybridized carbons (Fsp3) is 0.481. The molecule has 5 rings (SSSR count). The van der Waals surface area contributed by atoms with Gasteiger partial charge in [0.2, 0.25) is 0 Å². The summed E-state index contributed by atoms with van der Waals surface area (Å²) in [7, 11) is 0. The number of hydrogen-bond acceptors (Lipinski definition) is 6. The number of aromatic nitrogens is 3. The van der Waals surface area contributed by atoms with Crippen molar-refractivity contribution < 1.29 is 14.3 Å². The molecule has 5 heterocycles. The fourth-order valence-electron chi connectivity index (χ4n) is 5.35. The lowest BCUT2D eigenvalue weighted by atomic mass is 10.1. The van der Waals surface area contributed by atoms with E-state index in [2.05, 4.69) is 20.3 Å². The molecule has 3 aromatic heterocycles. The molecule has 0 bridgehead atoms. The summed E-state index contributed by atoms with van der Waals surface area (Å²) in [5, 5.41) is 7.40. The van der Waals surface area contributed by atoms with Gasteiger partial charge in [-0.1, -0.05) is 0 Å². The Kier molecular flexibility index (Phi) is 6.21. The van der Waals surface area contributed by atoms with Crippen LogP contribution in [0.1, 0.15) is 45.9 Å². The molecule has 0 spiro atoms. The van der Waals surface area contributed by atoms with E-state index < -0.39 is 5.60 Å². The zero-order valence-corrected chi connectivity index (χ0v) is 22.4. The Hall–Kier alpha value is -3.82. The third kappa shape index (κ3) is 4.92. The number of urea groups is 1. The Labute approximate surface area is 217 Å². The zero-order valence-electron chi connectivity index (χ0n) is 22.4. The molecule has 10 nitrogen and oxygen atoms in total. The number of piperazine rings is 1. The standard InChI is InChI=1S/C27H35N7O3/c1-17-13-21-14-20(8-12-33(21)30-17)29-25(35)32-11-9-22-23(7-10-28-24(22)32)31-15-18(2)34(19(3)16-31)26(36)37-27(4,5)6/h7-8,10,12-14,18-19H,9,11,15-16H2,1-6H3,(H,29,35)/t18-,19+. The number of aryl methyl sites for hydroxylation is 1. The summed E-state index contributed by atoms with van der Waals surface area (Å²) in [6.07, 6.45) is 4.04. The first-order valence-electron chi connectivity index (χ1n) is 12.8. The number of pyridine rings is 2. The van der Waals surface area contributed by atoms with Crippen LogP contribution in [0.3, 0.4) is 0 Å². The van der Waals surface area contributed by atoms with Crippen LogP contribution >= 0.6 is 0 Å². The Morgan fingerprint density at radius 2 is 1.84 bits per heavy atom. The first-order chi connectivity index (χ1) is 17.5. The average molecular weight is 506 g/mol. The molecule has 2 aliphatic rings. The normalized spacial score (nSPS) is 19.8. The summed E-state index contributed by atoms with van der Waals surface area (Å²) in [5.74, 6) is 0.686. The van der Waals surface area contributed by atoms with E-state index in [0.717, 1.165) is 28.9 Å². The van der Waals surface area contributed by atoms with Crippen LogP contribution in [0.15, 0.2) is 36.7 Å². The van der Waals surface area contributed by atoms with Crippen LogP contribution in [0.5, 0.6) is 0 Å². The van der Waals surface area contributed by atoms with Gasteiger partial charge in [-0.05, 0) is 72.2 Å². The minimum Gasteiger partial charge on any atom is -0.444 e. The van der Waals surface area contributed by atoms with Gasteiger partial charge in [0.1, 0.15) is 11.4 Å². The molecule has 10 heteroatoms. The van der Waals surface area contributed by atoms with Crippen LogP contribution in [-0.4, -0.2) is 68.9 Å². The number of nitrogens with one attached hydrogen (secondary N) is 1. The molecule has 3 aromatic rings. The van der Waals surface area contributed by atoms with Crippen LogP contribution in [0, 0.1) is 6.92 Å². The molecule has 2 aliphatic heterocycles. The molecule has 1 fully saturated rings. The topological polar surface area (TPSA) is 95.3 Å². The van der Waals surface area contributed by atoms with E-state index in [1.54, 1.807) is 15.6 Å². The van der Waals surface area contributed by atoms with Gasteiger partial charge in [0.05, 0.1) is 23.3 Å². The molecule has 1 N–H and O–H groups in total. The molecular weight excluding hydrogens is 470 g/mol. The largest absolute Gasteiger partial charge is 0.444 e. The second kappa shape index (κ2) is 9.24. The van der Waals surface area contributed by atoms with E-state index in [4.69, 9.17) is 4.74 Å². The zero-order chi connectivity index (χ0) is 26.5. The Bertz CT molecular complexity index is 1330. The second-order valence-electron chi connectivity index (χ2n) is 11.0. The minimum atomic E-state index is -0.535. The monoisotopic (exact) mass is 505 g/mol. The molecule has 0 aromatic carbocycles. The van der Waals surface area contributed by atoms with Crippen LogP contribution in [-0.2, 0) is 11.2 Å². The maximum absolute atomic E-state index is 13.2. The van der Waals surface area contributed by atoms with Crippen LogP contribution in [0.2, 0.25) is 0 Å². The van der Waals surface area contributed by atoms with Crippen molar-refractivity contribution in [1.82, 2.24) is 19.5 Å². The molecule has 3 amide bonds. The first kappa shape index (κ1) is 24.9. The number of ether oxygens (including phenoxy) is 1. The Morgan fingerprint density at radius 1 is 1.11 bits per heavy atom. The highest BCUT2D eigenvalue weighted by Gasteiger charge is 2.37. The second-order valence-corrected chi connectivity index (χ2v) is 11.0. The van der Waals surface area contributed by atoms with Crippen molar-refractivity contribution in [3.63, 3.8) is 0 Å². The highest BCUT2D eigenvalue weighted by Crippen LogP contribution is 2.36. The van der Waals surface area contributed by atoms with Crippen LogP contribution in [0.25, 0.3) is 5.52 Å². The highest BCUT2D eigenvalue weighted by molar-refractivity contribution is 6.03. The van der Waals surface area contributed by atoms with Gasteiger partial charge in [0, 0.05) is 49.0 Å². The van der Waals surface area contributed by atoms with Crippen molar-refractivity contribution in [2.45, 2.75) is 65.6 Å². The highest BCUT2D eigenvalue weighted by atomic mass is 16.6. The third-order valence-corrected chi connectivity index (χ3v) is 6.80. The SMILES string of the molecule is Cc1cc2cc(NC(=O)N3CCc4c(N5C[C@@H](C)N(C(=O)OC(C)(C)C)[C@@H](C)C5)ccnc43)ccn2n1. The number of anilines is 3. The maximum Gasteiger partial charge on any atom is 0.410 e. The summed E-state index contributed by atoms with van der Waals surface area (Å²) in [6.45, 7) is 13.6. The maximum atomic E-state index is 13.2. The predicted molar refractivity (Wildman–Crippen MR) is 143 cm³/mol. The third-order valence-electron chi connectivity index (χ3n) is 6.80. The van der Waals surface area contributed by atoms with Gasteiger partial charge in [-0.3, -0.25) is 9.80 Å². The molecule has 2 atom stereocenters. The van der Waals surface area contributed by atoms with Crippen molar-refractivity contribution in [2.24, 2.45) is 0 Å². The summed E-state index contributed by atoms with van der Waals surface area (Å²) in [4.78, 5) is 36.5. The van der Waals surface area contributed by atoms with Gasteiger partial charge in [-0.15, -0.1) is 0 Å². The minimum absolute atomic E-state index is 0.0229. The van der Waals surface area contributed by atoms with Crippen molar-refractivity contribution in [3.05, 3.63) is 47.9 Å². The quantitative estimate of drug-likeness (QED) is 0.552. The van der Waals surface area contributed by atoms with E-state index in [0.29, 0.717) is 31.1 Å². The van der Waals surface area contributed by atoms with Gasteiger partial charge in [-0.25, -0.2) is 19.1 Å². The summed E-state index contributed by atoms with van der Waals surface area (Å²) < 4.78 is 7.44. The first-order valence-corrected chi connectivity index (χ1v) is 12.8. The Morgan fingerprint density at radius 3 is 2.54 bits per heavy atom. The van der Waals surface area contributed by atoms with Gasteiger partial charge < -0.3 is 15.0 Å². The number of fused-ring (bicyclic) bond motifs is 2. The molecule has 0 radical (unpaired) electrons. The van der Waals surface area contributed by atoms with E-state index in [1.165, 1.54) is 0 Å². The lowest BCUT2D eigenvalue weighted by Crippen LogP contribution is -2.59. The molecule has 37 heavy (non-hydrogen) atoms. The number of nitrogens with zero attached hydrogens (tertiary/aromatic N) is 6. The van der Waals surface area contributed by atoms with Crippen molar-refractivity contribution in [3.8, 4) is 0 Å². The summed E-state index contributed by atoms with van der Waals surface area (Å²) in [6, 6.07) is 7.48. The predicted octanol–water partition coefficient (Wildman–Crippen LogP) is 4.47. The molecule has 0 saturated carbocycles. The lowest BCUT2D eigenvalue weighted by molar-refractivity contribution is 0.00565. The molecular formula is C27H35N7O3. The van der Waals surface area contributed by atoms with Crippen molar-refractivity contribution in [2.75, 3.05) is 34.8 Å². The average Bonchev–Trinajstić information content (AvgIpc) is 3.39. The number of carbonyl (C=O) groups excluding carboxylic acids is 2.